The Morgan fingerprint density at radius 1 is 1.46 bits per heavy atom. The van der Waals surface area contributed by atoms with Crippen molar-refractivity contribution in [3.8, 4) is 0 Å². The van der Waals surface area contributed by atoms with Crippen molar-refractivity contribution in [2.45, 2.75) is 12.8 Å². The average molecular weight is 183 g/mol. The predicted molar refractivity (Wildman–Crippen MR) is 42.3 cm³/mol. The molecular weight excluding hydrogens is 174 g/mol. The molecule has 0 atom stereocenters. The monoisotopic (exact) mass is 183 g/mol. The van der Waals surface area contributed by atoms with E-state index in [4.69, 9.17) is 0 Å². The molecule has 70 valence electrons. The Hall–Kier alpha value is -1.59. The molecule has 0 saturated carbocycles. The summed E-state index contributed by atoms with van der Waals surface area (Å²) in [5.41, 5.74) is 0. The van der Waals surface area contributed by atoms with Gasteiger partial charge in [-0.25, -0.2) is 4.79 Å². The normalized spacial score (nSPS) is 16.5. The van der Waals surface area contributed by atoms with Crippen LogP contribution in [0.25, 0.3) is 0 Å². The number of carbonyl (C=O) groups is 1. The first-order chi connectivity index (χ1) is 6.27. The molecule has 1 aliphatic rings. The number of hydrogen-bond acceptors (Lipinski definition) is 4. The third-order valence-corrected chi connectivity index (χ3v) is 2.04. The van der Waals surface area contributed by atoms with Gasteiger partial charge in [-0.05, 0) is 18.0 Å². The van der Waals surface area contributed by atoms with E-state index in [1.165, 1.54) is 0 Å². The minimum atomic E-state index is -0.692. The first kappa shape index (κ1) is 8.03. The highest BCUT2D eigenvalue weighted by atomic mass is 16.5. The number of aromatic amines is 1. The summed E-state index contributed by atoms with van der Waals surface area (Å²) in [7, 11) is 0. The third kappa shape index (κ3) is 1.47. The number of nitrogens with one attached hydrogen (secondary N) is 1. The highest BCUT2D eigenvalue weighted by Gasteiger charge is 2.22. The zero-order valence-electron chi connectivity index (χ0n) is 6.95. The second kappa shape index (κ2) is 3.04. The molecule has 0 bridgehead atoms. The van der Waals surface area contributed by atoms with Crippen LogP contribution in [0.5, 0.6) is 0 Å². The molecule has 2 heterocycles. The Morgan fingerprint density at radius 3 is 2.69 bits per heavy atom. The first-order valence-electron chi connectivity index (χ1n) is 4.12. The number of carbonyl (C=O) groups excluding carboxylic acids is 1. The van der Waals surface area contributed by atoms with E-state index in [-0.39, 0.29) is 11.7 Å². The highest BCUT2D eigenvalue weighted by molar-refractivity contribution is 5.90. The molecule has 1 N–H and O–H groups in total. The standard InChI is InChI=1S/C7H9N3O3/c11-6(10-3-1-2-4-10)5-8-7(12)13-9-5/h1-4H2,(H,8,9,12). The fourth-order valence-corrected chi connectivity index (χ4v) is 1.39. The molecule has 6 nitrogen and oxygen atoms in total. The van der Waals surface area contributed by atoms with Gasteiger partial charge in [0.1, 0.15) is 0 Å². The van der Waals surface area contributed by atoms with Crippen LogP contribution in [0.2, 0.25) is 0 Å². The van der Waals surface area contributed by atoms with Crippen molar-refractivity contribution in [3.05, 3.63) is 16.4 Å². The lowest BCUT2D eigenvalue weighted by atomic mass is 10.4. The largest absolute Gasteiger partial charge is 0.439 e. The summed E-state index contributed by atoms with van der Waals surface area (Å²) in [5, 5.41) is 3.33. The molecule has 13 heavy (non-hydrogen) atoms. The summed E-state index contributed by atoms with van der Waals surface area (Å²) in [6.07, 6.45) is 2.02. The fourth-order valence-electron chi connectivity index (χ4n) is 1.39. The van der Waals surface area contributed by atoms with Crippen LogP contribution in [0.3, 0.4) is 0 Å². The molecule has 0 aliphatic carbocycles. The van der Waals surface area contributed by atoms with Gasteiger partial charge < -0.3 is 4.90 Å². The maximum Gasteiger partial charge on any atom is 0.439 e. The number of likely N-dealkylation sites (tertiary alicyclic amines) is 1. The third-order valence-electron chi connectivity index (χ3n) is 2.04. The lowest BCUT2D eigenvalue weighted by molar-refractivity contribution is 0.0777. The molecule has 1 aliphatic heterocycles. The Bertz CT molecular complexity index is 361. The van der Waals surface area contributed by atoms with E-state index < -0.39 is 5.76 Å². The van der Waals surface area contributed by atoms with E-state index in [1.807, 2.05) is 0 Å². The lowest BCUT2D eigenvalue weighted by Gasteiger charge is -2.11. The van der Waals surface area contributed by atoms with Crippen molar-refractivity contribution in [1.82, 2.24) is 15.0 Å². The van der Waals surface area contributed by atoms with Crippen molar-refractivity contribution < 1.29 is 9.32 Å². The predicted octanol–water partition coefficient (Wildman–Crippen LogP) is -0.401. The Kier molecular flexibility index (Phi) is 1.88. The second-order valence-electron chi connectivity index (χ2n) is 2.94. The SMILES string of the molecule is O=C(c1noc(=O)[nH]1)N1CCCC1. The molecule has 0 spiro atoms. The van der Waals surface area contributed by atoms with E-state index in [2.05, 4.69) is 14.7 Å². The second-order valence-corrected chi connectivity index (χ2v) is 2.94. The van der Waals surface area contributed by atoms with Crippen LogP contribution in [0.15, 0.2) is 9.32 Å². The summed E-state index contributed by atoms with van der Waals surface area (Å²) in [5.74, 6) is -0.960. The summed E-state index contributed by atoms with van der Waals surface area (Å²) < 4.78 is 4.24. The molecule has 0 unspecified atom stereocenters. The molecule has 1 aromatic heterocycles. The minimum Gasteiger partial charge on any atom is -0.336 e. The van der Waals surface area contributed by atoms with E-state index >= 15 is 0 Å². The van der Waals surface area contributed by atoms with Gasteiger partial charge in [-0.1, -0.05) is 0 Å². The first-order valence-corrected chi connectivity index (χ1v) is 4.12. The maximum absolute atomic E-state index is 11.5. The van der Waals surface area contributed by atoms with Crippen LogP contribution < -0.4 is 5.76 Å². The van der Waals surface area contributed by atoms with Gasteiger partial charge in [0.25, 0.3) is 5.91 Å². The van der Waals surface area contributed by atoms with E-state index in [1.54, 1.807) is 4.90 Å². The van der Waals surface area contributed by atoms with Crippen LogP contribution >= 0.6 is 0 Å². The van der Waals surface area contributed by atoms with Gasteiger partial charge in [0.2, 0.25) is 5.82 Å². The zero-order chi connectivity index (χ0) is 9.26. The topological polar surface area (TPSA) is 79.2 Å². The molecule has 1 aromatic rings. The van der Waals surface area contributed by atoms with Gasteiger partial charge in [0.15, 0.2) is 0 Å². The van der Waals surface area contributed by atoms with Crippen LogP contribution in [0.4, 0.5) is 0 Å². The summed E-state index contributed by atoms with van der Waals surface area (Å²) in [6, 6.07) is 0. The molecular formula is C7H9N3O3. The molecule has 1 amide bonds. The Labute approximate surface area is 73.5 Å². The van der Waals surface area contributed by atoms with E-state index in [9.17, 15) is 9.59 Å². The van der Waals surface area contributed by atoms with E-state index in [0.717, 1.165) is 25.9 Å². The number of aromatic nitrogens is 2. The van der Waals surface area contributed by atoms with Crippen LogP contribution in [-0.4, -0.2) is 34.0 Å². The number of amides is 1. The lowest BCUT2D eigenvalue weighted by Crippen LogP contribution is -2.28. The minimum absolute atomic E-state index is 0.00750. The van der Waals surface area contributed by atoms with E-state index in [0.29, 0.717) is 0 Å². The molecule has 6 heteroatoms. The maximum atomic E-state index is 11.5. The van der Waals surface area contributed by atoms with Gasteiger partial charge >= 0.3 is 5.76 Å². The number of hydrogen-bond donors (Lipinski definition) is 1. The number of H-pyrrole nitrogens is 1. The fraction of sp³-hybridized carbons (Fsp3) is 0.571. The molecule has 2 rings (SSSR count). The number of nitrogens with zero attached hydrogens (tertiary/aromatic N) is 2. The van der Waals surface area contributed by atoms with Crippen molar-refractivity contribution in [2.75, 3.05) is 13.1 Å². The van der Waals surface area contributed by atoms with Gasteiger partial charge in [-0.3, -0.25) is 14.3 Å². The molecule has 1 fully saturated rings. The Morgan fingerprint density at radius 2 is 2.15 bits per heavy atom. The Balaban J connectivity index is 2.16. The summed E-state index contributed by atoms with van der Waals surface area (Å²) >= 11 is 0. The summed E-state index contributed by atoms with van der Waals surface area (Å²) in [6.45, 7) is 1.46. The van der Waals surface area contributed by atoms with Crippen LogP contribution in [-0.2, 0) is 0 Å². The van der Waals surface area contributed by atoms with Crippen molar-refractivity contribution in [2.24, 2.45) is 0 Å². The van der Waals surface area contributed by atoms with Crippen molar-refractivity contribution in [3.63, 3.8) is 0 Å². The molecule has 0 radical (unpaired) electrons. The van der Waals surface area contributed by atoms with Gasteiger partial charge in [-0.15, -0.1) is 0 Å². The zero-order valence-corrected chi connectivity index (χ0v) is 6.95. The average Bonchev–Trinajstić information content (AvgIpc) is 2.72. The van der Waals surface area contributed by atoms with Gasteiger partial charge in [0.05, 0.1) is 0 Å². The van der Waals surface area contributed by atoms with Crippen molar-refractivity contribution >= 4 is 5.91 Å². The highest BCUT2D eigenvalue weighted by Crippen LogP contribution is 2.09. The van der Waals surface area contributed by atoms with Gasteiger partial charge in [0, 0.05) is 13.1 Å². The molecule has 0 aromatic carbocycles. The smallest absolute Gasteiger partial charge is 0.336 e. The van der Waals surface area contributed by atoms with Gasteiger partial charge in [-0.2, -0.15) is 0 Å². The van der Waals surface area contributed by atoms with Crippen LogP contribution in [0, 0.1) is 0 Å². The quantitative estimate of drug-likeness (QED) is 0.642. The number of rotatable bonds is 1. The molecule has 1 saturated heterocycles. The van der Waals surface area contributed by atoms with Crippen molar-refractivity contribution in [1.29, 1.82) is 0 Å². The summed E-state index contributed by atoms with van der Waals surface area (Å²) in [4.78, 5) is 25.9. The van der Waals surface area contributed by atoms with Crippen LogP contribution in [0.1, 0.15) is 23.5 Å².